The molecule has 1 aromatic carbocycles. The van der Waals surface area contributed by atoms with Gasteiger partial charge in [0.25, 0.3) is 0 Å². The van der Waals surface area contributed by atoms with Gasteiger partial charge in [-0.1, -0.05) is 5.16 Å². The average molecular weight is 288 g/mol. The Morgan fingerprint density at radius 2 is 1.70 bits per heavy atom. The topological polar surface area (TPSA) is 70.5 Å². The van der Waals surface area contributed by atoms with E-state index in [4.69, 9.17) is 15.2 Å². The maximum Gasteiger partial charge on any atom is 0.417 e. The van der Waals surface area contributed by atoms with Crippen LogP contribution in [0.25, 0.3) is 11.3 Å². The van der Waals surface area contributed by atoms with Gasteiger partial charge in [-0.2, -0.15) is 13.2 Å². The zero-order valence-corrected chi connectivity index (χ0v) is 10.6. The molecule has 0 unspecified atom stereocenters. The number of anilines is 1. The van der Waals surface area contributed by atoms with Crippen LogP contribution in [0.15, 0.2) is 22.7 Å². The largest absolute Gasteiger partial charge is 0.493 e. The second-order valence-electron chi connectivity index (χ2n) is 3.87. The molecule has 0 fully saturated rings. The van der Waals surface area contributed by atoms with Crippen LogP contribution >= 0.6 is 0 Å². The van der Waals surface area contributed by atoms with Gasteiger partial charge in [0.2, 0.25) is 5.88 Å². The summed E-state index contributed by atoms with van der Waals surface area (Å²) in [5.41, 5.74) is 4.19. The number of halogens is 3. The van der Waals surface area contributed by atoms with Crippen molar-refractivity contribution in [1.29, 1.82) is 0 Å². The van der Waals surface area contributed by atoms with Crippen LogP contribution in [0.1, 0.15) is 5.56 Å². The Morgan fingerprint density at radius 1 is 1.10 bits per heavy atom. The molecule has 20 heavy (non-hydrogen) atoms. The third-order valence-corrected chi connectivity index (χ3v) is 2.63. The molecule has 1 aromatic heterocycles. The monoisotopic (exact) mass is 288 g/mol. The van der Waals surface area contributed by atoms with Crippen molar-refractivity contribution < 1.29 is 27.2 Å². The Kier molecular flexibility index (Phi) is 3.47. The first-order valence-electron chi connectivity index (χ1n) is 5.42. The summed E-state index contributed by atoms with van der Waals surface area (Å²) < 4.78 is 53.8. The molecule has 0 aliphatic carbocycles. The maximum absolute atomic E-state index is 13.1. The van der Waals surface area contributed by atoms with E-state index in [1.54, 1.807) is 0 Å². The summed E-state index contributed by atoms with van der Waals surface area (Å²) in [4.78, 5) is 0. The number of benzene rings is 1. The van der Waals surface area contributed by atoms with E-state index in [1.807, 2.05) is 0 Å². The van der Waals surface area contributed by atoms with Gasteiger partial charge in [-0.3, -0.25) is 0 Å². The SMILES string of the molecule is COc1cc(-c2cc(N)on2)c(C(F)(F)F)cc1OC. The highest BCUT2D eigenvalue weighted by molar-refractivity contribution is 5.70. The Labute approximate surface area is 112 Å². The van der Waals surface area contributed by atoms with Crippen molar-refractivity contribution in [2.75, 3.05) is 20.0 Å². The summed E-state index contributed by atoms with van der Waals surface area (Å²) in [6.07, 6.45) is -4.58. The van der Waals surface area contributed by atoms with Gasteiger partial charge in [0.05, 0.1) is 19.8 Å². The van der Waals surface area contributed by atoms with E-state index in [9.17, 15) is 13.2 Å². The third kappa shape index (κ3) is 2.49. The minimum atomic E-state index is -4.58. The molecule has 0 aliphatic rings. The molecular weight excluding hydrogens is 277 g/mol. The predicted molar refractivity (Wildman–Crippen MR) is 64.5 cm³/mol. The molecule has 0 saturated carbocycles. The average Bonchev–Trinajstić information content (AvgIpc) is 2.82. The number of hydrogen-bond donors (Lipinski definition) is 1. The van der Waals surface area contributed by atoms with Gasteiger partial charge in [0.1, 0.15) is 5.69 Å². The number of alkyl halides is 3. The molecule has 5 nitrogen and oxygen atoms in total. The maximum atomic E-state index is 13.1. The van der Waals surface area contributed by atoms with Gasteiger partial charge < -0.3 is 19.7 Å². The van der Waals surface area contributed by atoms with Crippen molar-refractivity contribution in [2.45, 2.75) is 6.18 Å². The zero-order chi connectivity index (χ0) is 14.9. The molecule has 0 bridgehead atoms. The molecule has 0 radical (unpaired) electrons. The molecule has 2 rings (SSSR count). The second-order valence-corrected chi connectivity index (χ2v) is 3.87. The van der Waals surface area contributed by atoms with E-state index in [1.165, 1.54) is 26.4 Å². The lowest BCUT2D eigenvalue weighted by Gasteiger charge is -2.15. The van der Waals surface area contributed by atoms with Crippen molar-refractivity contribution in [1.82, 2.24) is 5.16 Å². The van der Waals surface area contributed by atoms with Gasteiger partial charge in [0, 0.05) is 11.6 Å². The van der Waals surface area contributed by atoms with Crippen LogP contribution in [0, 0.1) is 0 Å². The fourth-order valence-electron chi connectivity index (χ4n) is 1.74. The smallest absolute Gasteiger partial charge is 0.417 e. The van der Waals surface area contributed by atoms with Crippen LogP contribution in [0.2, 0.25) is 0 Å². The lowest BCUT2D eigenvalue weighted by molar-refractivity contribution is -0.137. The van der Waals surface area contributed by atoms with Crippen molar-refractivity contribution in [3.63, 3.8) is 0 Å². The van der Waals surface area contributed by atoms with Crippen LogP contribution in [0.4, 0.5) is 19.1 Å². The number of methoxy groups -OCH3 is 2. The predicted octanol–water partition coefficient (Wildman–Crippen LogP) is 2.96. The third-order valence-electron chi connectivity index (χ3n) is 2.63. The van der Waals surface area contributed by atoms with Gasteiger partial charge in [-0.25, -0.2) is 0 Å². The van der Waals surface area contributed by atoms with Crippen LogP contribution in [-0.2, 0) is 6.18 Å². The molecule has 0 amide bonds. The Balaban J connectivity index is 2.70. The van der Waals surface area contributed by atoms with Crippen LogP contribution in [0.3, 0.4) is 0 Å². The Hall–Kier alpha value is -2.38. The number of nitrogen functional groups attached to an aromatic ring is 1. The fourth-order valence-corrected chi connectivity index (χ4v) is 1.74. The first-order chi connectivity index (χ1) is 9.36. The van der Waals surface area contributed by atoms with Crippen molar-refractivity contribution >= 4 is 5.88 Å². The molecule has 108 valence electrons. The lowest BCUT2D eigenvalue weighted by Crippen LogP contribution is -2.08. The first-order valence-corrected chi connectivity index (χ1v) is 5.42. The number of nitrogens with zero attached hydrogens (tertiary/aromatic N) is 1. The normalized spacial score (nSPS) is 11.4. The van der Waals surface area contributed by atoms with Crippen LogP contribution in [-0.4, -0.2) is 19.4 Å². The molecule has 2 aromatic rings. The quantitative estimate of drug-likeness (QED) is 0.940. The van der Waals surface area contributed by atoms with Crippen molar-refractivity contribution in [3.8, 4) is 22.8 Å². The summed E-state index contributed by atoms with van der Waals surface area (Å²) in [5.74, 6) is 0.0417. The van der Waals surface area contributed by atoms with Crippen LogP contribution < -0.4 is 15.2 Å². The number of ether oxygens (including phenoxy) is 2. The molecule has 0 spiro atoms. The van der Waals surface area contributed by atoms with E-state index in [0.717, 1.165) is 6.07 Å². The molecule has 0 atom stereocenters. The summed E-state index contributed by atoms with van der Waals surface area (Å²) in [6, 6.07) is 3.23. The van der Waals surface area contributed by atoms with E-state index in [-0.39, 0.29) is 28.6 Å². The first kappa shape index (κ1) is 14.0. The summed E-state index contributed by atoms with van der Waals surface area (Å²) in [5, 5.41) is 3.49. The molecule has 8 heteroatoms. The number of rotatable bonds is 3. The number of aromatic nitrogens is 1. The summed E-state index contributed by atoms with van der Waals surface area (Å²) >= 11 is 0. The Morgan fingerprint density at radius 3 is 2.15 bits per heavy atom. The number of nitrogens with two attached hydrogens (primary N) is 1. The molecule has 2 N–H and O–H groups in total. The van der Waals surface area contributed by atoms with Gasteiger partial charge in [-0.15, -0.1) is 0 Å². The van der Waals surface area contributed by atoms with E-state index < -0.39 is 11.7 Å². The van der Waals surface area contributed by atoms with Crippen molar-refractivity contribution in [3.05, 3.63) is 23.8 Å². The minimum Gasteiger partial charge on any atom is -0.493 e. The van der Waals surface area contributed by atoms with Gasteiger partial charge in [-0.05, 0) is 12.1 Å². The highest BCUT2D eigenvalue weighted by atomic mass is 19.4. The van der Waals surface area contributed by atoms with E-state index >= 15 is 0 Å². The fraction of sp³-hybridized carbons (Fsp3) is 0.250. The standard InChI is InChI=1S/C12H11F3N2O3/c1-18-9-3-6(8-5-11(16)20-17-8)7(12(13,14)15)4-10(9)19-2/h3-5H,16H2,1-2H3. The zero-order valence-electron chi connectivity index (χ0n) is 10.6. The second kappa shape index (κ2) is 4.95. The highest BCUT2D eigenvalue weighted by Gasteiger charge is 2.36. The molecular formula is C12H11F3N2O3. The van der Waals surface area contributed by atoms with E-state index in [2.05, 4.69) is 9.68 Å². The molecule has 0 saturated heterocycles. The number of hydrogen-bond acceptors (Lipinski definition) is 5. The minimum absolute atomic E-state index is 0.0277. The highest BCUT2D eigenvalue weighted by Crippen LogP contribution is 2.43. The van der Waals surface area contributed by atoms with Crippen LogP contribution in [0.5, 0.6) is 11.5 Å². The van der Waals surface area contributed by atoms with Gasteiger partial charge >= 0.3 is 6.18 Å². The Bertz CT molecular complexity index is 623. The van der Waals surface area contributed by atoms with E-state index in [0.29, 0.717) is 0 Å². The van der Waals surface area contributed by atoms with Crippen molar-refractivity contribution in [2.24, 2.45) is 0 Å². The molecule has 0 aliphatic heterocycles. The van der Waals surface area contributed by atoms with Gasteiger partial charge in [0.15, 0.2) is 11.5 Å². The molecule has 1 heterocycles. The lowest BCUT2D eigenvalue weighted by atomic mass is 10.0. The summed E-state index contributed by atoms with van der Waals surface area (Å²) in [6.45, 7) is 0. The summed E-state index contributed by atoms with van der Waals surface area (Å²) in [7, 11) is 2.58.